The molecular weight excluding hydrogens is 498 g/mol. The Morgan fingerprint density at radius 2 is 1.82 bits per heavy atom. The van der Waals surface area contributed by atoms with Crippen LogP contribution < -0.4 is 10.9 Å². The van der Waals surface area contributed by atoms with E-state index in [0.29, 0.717) is 41.3 Å². The zero-order valence-corrected chi connectivity index (χ0v) is 24.0. The molecule has 6 rings (SSSR count). The predicted octanol–water partition coefficient (Wildman–Crippen LogP) is 5.72. The first-order valence-electron chi connectivity index (χ1n) is 14.4. The van der Waals surface area contributed by atoms with Gasteiger partial charge >= 0.3 is 0 Å². The molecule has 1 fully saturated rings. The van der Waals surface area contributed by atoms with E-state index in [1.807, 2.05) is 10.7 Å². The van der Waals surface area contributed by atoms with E-state index in [1.54, 1.807) is 17.0 Å². The number of fused-ring (bicyclic) bond motifs is 2. The van der Waals surface area contributed by atoms with Crippen molar-refractivity contribution in [3.8, 4) is 5.82 Å². The molecule has 3 aromatic heterocycles. The number of rotatable bonds is 7. The van der Waals surface area contributed by atoms with Gasteiger partial charge < -0.3 is 10.2 Å². The largest absolute Gasteiger partial charge is 0.324 e. The van der Waals surface area contributed by atoms with Crippen molar-refractivity contribution < 1.29 is 0 Å². The van der Waals surface area contributed by atoms with Crippen molar-refractivity contribution in [2.75, 3.05) is 19.4 Å². The van der Waals surface area contributed by atoms with E-state index in [-0.39, 0.29) is 11.0 Å². The molecule has 0 aliphatic heterocycles. The van der Waals surface area contributed by atoms with Crippen LogP contribution in [-0.2, 0) is 18.4 Å². The maximum atomic E-state index is 13.4. The van der Waals surface area contributed by atoms with Gasteiger partial charge in [0.05, 0.1) is 12.2 Å². The van der Waals surface area contributed by atoms with Gasteiger partial charge in [0.25, 0.3) is 5.56 Å². The van der Waals surface area contributed by atoms with Crippen molar-refractivity contribution in [2.45, 2.75) is 76.3 Å². The molecule has 3 heterocycles. The number of aromatic nitrogens is 5. The van der Waals surface area contributed by atoms with Crippen LogP contribution >= 0.6 is 0 Å². The predicted molar refractivity (Wildman–Crippen MR) is 161 cm³/mol. The highest BCUT2D eigenvalue weighted by Gasteiger charge is 2.32. The van der Waals surface area contributed by atoms with Gasteiger partial charge in [-0.1, -0.05) is 38.1 Å². The van der Waals surface area contributed by atoms with Gasteiger partial charge in [0.15, 0.2) is 11.5 Å². The number of hydrogen-bond donors (Lipinski definition) is 1. The molecule has 0 amide bonds. The summed E-state index contributed by atoms with van der Waals surface area (Å²) in [6.07, 6.45) is 10.4. The summed E-state index contributed by atoms with van der Waals surface area (Å²) in [7, 11) is 4.36. The van der Waals surface area contributed by atoms with Gasteiger partial charge in [0.1, 0.15) is 5.39 Å². The fourth-order valence-corrected chi connectivity index (χ4v) is 6.45. The molecule has 0 atom stereocenters. The summed E-state index contributed by atoms with van der Waals surface area (Å²) in [6, 6.07) is 13.4. The molecule has 1 saturated carbocycles. The third-order valence-electron chi connectivity index (χ3n) is 8.88. The second-order valence-corrected chi connectivity index (χ2v) is 12.2. The minimum absolute atomic E-state index is 0.00257. The van der Waals surface area contributed by atoms with Crippen LogP contribution in [0, 0.1) is 0 Å². The molecule has 208 valence electrons. The number of allylic oxidation sites excluding steroid dienone is 1. The molecule has 2 aliphatic rings. The van der Waals surface area contributed by atoms with Crippen LogP contribution in [0.1, 0.15) is 68.7 Å². The molecule has 1 N–H and O–H groups in total. The summed E-state index contributed by atoms with van der Waals surface area (Å²) in [4.78, 5) is 30.1. The zero-order chi connectivity index (χ0) is 28.0. The molecule has 0 bridgehead atoms. The van der Waals surface area contributed by atoms with Crippen LogP contribution in [0.3, 0.4) is 0 Å². The van der Waals surface area contributed by atoms with Gasteiger partial charge in [0, 0.05) is 23.3 Å². The molecule has 0 radical (unpaired) electrons. The second kappa shape index (κ2) is 10.3. The minimum atomic E-state index is -0.156. The van der Waals surface area contributed by atoms with Crippen LogP contribution in [0.25, 0.3) is 16.9 Å². The van der Waals surface area contributed by atoms with Gasteiger partial charge in [0.2, 0.25) is 5.95 Å². The first-order valence-corrected chi connectivity index (χ1v) is 14.4. The molecule has 4 aromatic rings. The van der Waals surface area contributed by atoms with Crippen molar-refractivity contribution in [2.24, 2.45) is 0 Å². The molecule has 8 heteroatoms. The Balaban J connectivity index is 1.31. The quantitative estimate of drug-likeness (QED) is 0.304. The van der Waals surface area contributed by atoms with Crippen LogP contribution in [0.4, 0.5) is 11.6 Å². The lowest BCUT2D eigenvalue weighted by Gasteiger charge is -2.32. The summed E-state index contributed by atoms with van der Waals surface area (Å²) in [5, 5.41) is 3.80. The van der Waals surface area contributed by atoms with Gasteiger partial charge in [-0.2, -0.15) is 4.98 Å². The van der Waals surface area contributed by atoms with Crippen LogP contribution in [0.15, 0.2) is 60.0 Å². The number of nitrogens with one attached hydrogen (secondary N) is 1. The molecule has 0 spiro atoms. The Labute approximate surface area is 235 Å². The Bertz CT molecular complexity index is 1610. The monoisotopic (exact) mass is 537 g/mol. The number of hydrogen-bond acceptors (Lipinski definition) is 6. The smallest absolute Gasteiger partial charge is 0.278 e. The highest BCUT2D eigenvalue weighted by Crippen LogP contribution is 2.38. The number of anilines is 2. The van der Waals surface area contributed by atoms with Gasteiger partial charge in [-0.3, -0.25) is 4.79 Å². The maximum Gasteiger partial charge on any atom is 0.278 e. The van der Waals surface area contributed by atoms with E-state index in [0.717, 1.165) is 24.2 Å². The number of pyridine rings is 1. The normalized spacial score (nSPS) is 20.1. The molecule has 8 nitrogen and oxygen atoms in total. The third kappa shape index (κ3) is 4.74. The van der Waals surface area contributed by atoms with Crippen molar-refractivity contribution in [1.29, 1.82) is 0 Å². The van der Waals surface area contributed by atoms with Crippen LogP contribution in [-0.4, -0.2) is 49.4 Å². The van der Waals surface area contributed by atoms with Gasteiger partial charge in [-0.25, -0.2) is 19.3 Å². The van der Waals surface area contributed by atoms with E-state index in [9.17, 15) is 4.79 Å². The third-order valence-corrected chi connectivity index (χ3v) is 8.88. The highest BCUT2D eigenvalue weighted by molar-refractivity contribution is 5.77. The zero-order valence-electron chi connectivity index (χ0n) is 24.0. The van der Waals surface area contributed by atoms with Crippen molar-refractivity contribution in [3.05, 3.63) is 82.4 Å². The standard InChI is InChI=1S/C32H39N7O/c1-6-19-38-30(40)26-20-33-31(34-24-12-7-21(8-13-24)22-9-14-25(15-10-22)37(4)5)36-29(26)39(38)27-16-11-23-17-18-32(2,3)28(23)35-27/h6-8,11-13,16,20,22,25H,1,9-10,14-15,17-19H2,2-5H3,(H,33,34,36). The summed E-state index contributed by atoms with van der Waals surface area (Å²) in [5.74, 6) is 1.74. The Kier molecular flexibility index (Phi) is 6.82. The lowest BCUT2D eigenvalue weighted by molar-refractivity contribution is 0.216. The first-order chi connectivity index (χ1) is 19.2. The number of aryl methyl sites for hydroxylation is 1. The Morgan fingerprint density at radius 3 is 2.52 bits per heavy atom. The number of nitrogens with zero attached hydrogens (tertiary/aromatic N) is 6. The fourth-order valence-electron chi connectivity index (χ4n) is 6.45. The molecular formula is C32H39N7O. The SMILES string of the molecule is C=CCn1c(=O)c2cnc(Nc3ccc(C4CCC(N(C)C)CC4)cc3)nc2n1-c1ccc2c(n1)C(C)(C)CC2. The Hall–Kier alpha value is -3.78. The van der Waals surface area contributed by atoms with Crippen molar-refractivity contribution >= 4 is 22.7 Å². The molecule has 0 unspecified atom stereocenters. The van der Waals surface area contributed by atoms with Crippen molar-refractivity contribution in [1.82, 2.24) is 29.2 Å². The van der Waals surface area contributed by atoms with Crippen molar-refractivity contribution in [3.63, 3.8) is 0 Å². The summed E-state index contributed by atoms with van der Waals surface area (Å²) >= 11 is 0. The van der Waals surface area contributed by atoms with E-state index < -0.39 is 0 Å². The van der Waals surface area contributed by atoms with Gasteiger partial charge in [-0.05, 0) is 87.9 Å². The maximum absolute atomic E-state index is 13.4. The van der Waals surface area contributed by atoms with E-state index in [1.165, 1.54) is 36.8 Å². The fraction of sp³-hybridized carbons (Fsp3) is 0.438. The Morgan fingerprint density at radius 1 is 1.07 bits per heavy atom. The first kappa shape index (κ1) is 26.4. The summed E-state index contributed by atoms with van der Waals surface area (Å²) < 4.78 is 3.45. The molecule has 40 heavy (non-hydrogen) atoms. The van der Waals surface area contributed by atoms with E-state index in [2.05, 4.69) is 80.1 Å². The lowest BCUT2D eigenvalue weighted by Crippen LogP contribution is -2.31. The highest BCUT2D eigenvalue weighted by atomic mass is 16.1. The summed E-state index contributed by atoms with van der Waals surface area (Å²) in [6.45, 7) is 8.66. The van der Waals surface area contributed by atoms with E-state index >= 15 is 0 Å². The minimum Gasteiger partial charge on any atom is -0.324 e. The molecule has 1 aromatic carbocycles. The molecule has 2 aliphatic carbocycles. The van der Waals surface area contributed by atoms with Crippen LogP contribution in [0.2, 0.25) is 0 Å². The van der Waals surface area contributed by atoms with E-state index in [4.69, 9.17) is 9.97 Å². The lowest BCUT2D eigenvalue weighted by atomic mass is 9.81. The average Bonchev–Trinajstić information content (AvgIpc) is 3.41. The summed E-state index contributed by atoms with van der Waals surface area (Å²) in [5.41, 5.74) is 5.04. The van der Waals surface area contributed by atoms with Gasteiger partial charge in [-0.15, -0.1) is 6.58 Å². The topological polar surface area (TPSA) is 80.9 Å². The second-order valence-electron chi connectivity index (χ2n) is 12.2. The van der Waals surface area contributed by atoms with Crippen LogP contribution in [0.5, 0.6) is 0 Å². The molecule has 0 saturated heterocycles. The number of benzene rings is 1. The average molecular weight is 538 g/mol.